The topological polar surface area (TPSA) is 99.5 Å². The van der Waals surface area contributed by atoms with Crippen molar-refractivity contribution >= 4 is 11.7 Å². The molecule has 18 heavy (non-hydrogen) atoms. The molecule has 1 amide bonds. The second-order valence-corrected chi connectivity index (χ2v) is 4.01. The Kier molecular flexibility index (Phi) is 4.94. The minimum Gasteiger partial charge on any atom is -0.388 e. The van der Waals surface area contributed by atoms with Gasteiger partial charge in [-0.2, -0.15) is 0 Å². The second-order valence-electron chi connectivity index (χ2n) is 4.01. The average Bonchev–Trinajstić information content (AvgIpc) is 2.35. The van der Waals surface area contributed by atoms with Crippen LogP contribution >= 0.6 is 0 Å². The van der Waals surface area contributed by atoms with Crippen LogP contribution in [0.3, 0.4) is 0 Å². The van der Waals surface area contributed by atoms with Crippen molar-refractivity contribution in [2.45, 2.75) is 26.1 Å². The Morgan fingerprint density at radius 1 is 1.33 bits per heavy atom. The summed E-state index contributed by atoms with van der Waals surface area (Å²) in [5.41, 5.74) is 0.693. The van der Waals surface area contributed by atoms with Crippen molar-refractivity contribution in [3.63, 3.8) is 0 Å². The van der Waals surface area contributed by atoms with Gasteiger partial charge in [0.1, 0.15) is 12.2 Å². The van der Waals surface area contributed by atoms with E-state index >= 15 is 0 Å². The molecule has 3 N–H and O–H groups in total. The van der Waals surface area contributed by atoms with E-state index in [0.29, 0.717) is 11.1 Å². The quantitative estimate of drug-likeness (QED) is 0.631. The molecule has 0 saturated heterocycles. The molecule has 0 aliphatic rings. The largest absolute Gasteiger partial charge is 0.388 e. The number of hydrogen-bond acceptors (Lipinski definition) is 5. The van der Waals surface area contributed by atoms with Gasteiger partial charge in [-0.25, -0.2) is 0 Å². The van der Waals surface area contributed by atoms with E-state index in [1.165, 1.54) is 32.3 Å². The van der Waals surface area contributed by atoms with Crippen molar-refractivity contribution in [3.8, 4) is 0 Å². The molecule has 98 valence electrons. The monoisotopic (exact) mass is 252 g/mol. The van der Waals surface area contributed by atoms with Gasteiger partial charge in [-0.3, -0.25) is 14.6 Å². The fourth-order valence-electron chi connectivity index (χ4n) is 1.39. The first kappa shape index (κ1) is 14.3. The predicted octanol–water partition coefficient (Wildman–Crippen LogP) is -0.185. The molecule has 6 heteroatoms. The zero-order valence-electron chi connectivity index (χ0n) is 10.3. The Balaban J connectivity index is 2.76. The Morgan fingerprint density at radius 3 is 2.56 bits per heavy atom. The number of aliphatic hydroxyl groups is 2. The van der Waals surface area contributed by atoms with Gasteiger partial charge in [0.25, 0.3) is 0 Å². The summed E-state index contributed by atoms with van der Waals surface area (Å²) in [7, 11) is 0. The number of aromatic nitrogens is 1. The molecule has 0 spiro atoms. The summed E-state index contributed by atoms with van der Waals surface area (Å²) >= 11 is 0. The lowest BCUT2D eigenvalue weighted by molar-refractivity contribution is -0.119. The van der Waals surface area contributed by atoms with Gasteiger partial charge in [-0.1, -0.05) is 0 Å². The number of rotatable bonds is 5. The minimum atomic E-state index is -1.20. The molecule has 0 aliphatic heterocycles. The third-order valence-corrected chi connectivity index (χ3v) is 2.43. The molecule has 0 saturated carbocycles. The fourth-order valence-corrected chi connectivity index (χ4v) is 1.39. The Bertz CT molecular complexity index is 447. The number of carbonyl (C=O) groups is 2. The van der Waals surface area contributed by atoms with Crippen molar-refractivity contribution in [3.05, 3.63) is 29.6 Å². The van der Waals surface area contributed by atoms with Crippen LogP contribution in [0.15, 0.2) is 18.5 Å². The predicted molar refractivity (Wildman–Crippen MR) is 63.9 cm³/mol. The standard InChI is InChI=1S/C12H16N2O4/c1-7(15)9-3-10(5-13-4-9)12(18)11(17)6-14-8(2)16/h3-5,11-12,17-18H,6H2,1-2H3,(H,14,16). The van der Waals surface area contributed by atoms with E-state index in [9.17, 15) is 19.8 Å². The Labute approximate surface area is 105 Å². The summed E-state index contributed by atoms with van der Waals surface area (Å²) in [5.74, 6) is -0.468. The number of ketones is 1. The molecule has 0 bridgehead atoms. The maximum absolute atomic E-state index is 11.2. The zero-order chi connectivity index (χ0) is 13.7. The lowest BCUT2D eigenvalue weighted by atomic mass is 10.0. The van der Waals surface area contributed by atoms with Crippen LogP contribution in [0.25, 0.3) is 0 Å². The van der Waals surface area contributed by atoms with Gasteiger partial charge < -0.3 is 15.5 Å². The third kappa shape index (κ3) is 3.90. The minimum absolute atomic E-state index is 0.0687. The van der Waals surface area contributed by atoms with Gasteiger partial charge in [-0.15, -0.1) is 0 Å². The molecule has 6 nitrogen and oxygen atoms in total. The number of amides is 1. The molecule has 1 aromatic heterocycles. The summed E-state index contributed by atoms with van der Waals surface area (Å²) in [6.45, 7) is 2.64. The van der Waals surface area contributed by atoms with Gasteiger partial charge in [0.15, 0.2) is 5.78 Å². The summed E-state index contributed by atoms with van der Waals surface area (Å²) < 4.78 is 0. The van der Waals surface area contributed by atoms with E-state index in [-0.39, 0.29) is 18.2 Å². The number of hydrogen-bond donors (Lipinski definition) is 3. The first-order valence-corrected chi connectivity index (χ1v) is 5.48. The number of nitrogens with zero attached hydrogens (tertiary/aromatic N) is 1. The van der Waals surface area contributed by atoms with Crippen LogP contribution in [-0.2, 0) is 4.79 Å². The van der Waals surface area contributed by atoms with Gasteiger partial charge in [0.05, 0.1) is 0 Å². The van der Waals surface area contributed by atoms with Crippen LogP contribution in [0.1, 0.15) is 35.9 Å². The molecule has 1 aromatic rings. The molecule has 0 fully saturated rings. The first-order valence-electron chi connectivity index (χ1n) is 5.48. The van der Waals surface area contributed by atoms with Gasteiger partial charge in [0.2, 0.25) is 5.91 Å². The first-order chi connectivity index (χ1) is 8.41. The number of pyridine rings is 1. The molecule has 2 unspecified atom stereocenters. The normalized spacial score (nSPS) is 13.8. The Morgan fingerprint density at radius 2 is 2.00 bits per heavy atom. The lowest BCUT2D eigenvalue weighted by Gasteiger charge is -2.18. The number of nitrogens with one attached hydrogen (secondary N) is 1. The highest BCUT2D eigenvalue weighted by Gasteiger charge is 2.19. The van der Waals surface area contributed by atoms with E-state index in [4.69, 9.17) is 0 Å². The van der Waals surface area contributed by atoms with Gasteiger partial charge >= 0.3 is 0 Å². The van der Waals surface area contributed by atoms with E-state index < -0.39 is 12.2 Å². The number of aliphatic hydroxyl groups excluding tert-OH is 2. The highest BCUT2D eigenvalue weighted by Crippen LogP contribution is 2.17. The molecular formula is C12H16N2O4. The third-order valence-electron chi connectivity index (χ3n) is 2.43. The maximum atomic E-state index is 11.2. The molecule has 1 heterocycles. The smallest absolute Gasteiger partial charge is 0.216 e. The van der Waals surface area contributed by atoms with Crippen LogP contribution < -0.4 is 5.32 Å². The highest BCUT2D eigenvalue weighted by atomic mass is 16.3. The maximum Gasteiger partial charge on any atom is 0.216 e. The van der Waals surface area contributed by atoms with Crippen molar-refractivity contribution in [1.29, 1.82) is 0 Å². The summed E-state index contributed by atoms with van der Waals surface area (Å²) in [4.78, 5) is 25.7. The van der Waals surface area contributed by atoms with Crippen molar-refractivity contribution < 1.29 is 19.8 Å². The van der Waals surface area contributed by atoms with Crippen molar-refractivity contribution in [1.82, 2.24) is 10.3 Å². The fraction of sp³-hybridized carbons (Fsp3) is 0.417. The van der Waals surface area contributed by atoms with Crippen LogP contribution in [0, 0.1) is 0 Å². The van der Waals surface area contributed by atoms with Crippen LogP contribution in [0.5, 0.6) is 0 Å². The Hall–Kier alpha value is -1.79. The highest BCUT2D eigenvalue weighted by molar-refractivity contribution is 5.93. The molecule has 0 radical (unpaired) electrons. The van der Waals surface area contributed by atoms with Gasteiger partial charge in [0, 0.05) is 37.0 Å². The molecule has 1 rings (SSSR count). The molecule has 2 atom stereocenters. The van der Waals surface area contributed by atoms with Crippen molar-refractivity contribution in [2.75, 3.05) is 6.54 Å². The molecule has 0 aliphatic carbocycles. The summed E-state index contributed by atoms with van der Waals surface area (Å²) in [6, 6.07) is 1.47. The van der Waals surface area contributed by atoms with E-state index in [1.54, 1.807) is 0 Å². The number of Topliss-reactive ketones (excluding diaryl/α,β-unsaturated/α-hetero) is 1. The van der Waals surface area contributed by atoms with E-state index in [2.05, 4.69) is 10.3 Å². The molecule has 0 aromatic carbocycles. The van der Waals surface area contributed by atoms with Crippen LogP contribution in [-0.4, -0.2) is 39.5 Å². The average molecular weight is 252 g/mol. The number of carbonyl (C=O) groups excluding carboxylic acids is 2. The van der Waals surface area contributed by atoms with E-state index in [1.807, 2.05) is 0 Å². The zero-order valence-corrected chi connectivity index (χ0v) is 10.3. The van der Waals surface area contributed by atoms with Crippen molar-refractivity contribution in [2.24, 2.45) is 0 Å². The van der Waals surface area contributed by atoms with E-state index in [0.717, 1.165) is 0 Å². The summed E-state index contributed by atoms with van der Waals surface area (Å²) in [5, 5.41) is 21.9. The second kappa shape index (κ2) is 6.23. The van der Waals surface area contributed by atoms with Gasteiger partial charge in [-0.05, 0) is 13.0 Å². The lowest BCUT2D eigenvalue weighted by Crippen LogP contribution is -2.34. The van der Waals surface area contributed by atoms with Crippen LogP contribution in [0.2, 0.25) is 0 Å². The van der Waals surface area contributed by atoms with Crippen LogP contribution in [0.4, 0.5) is 0 Å². The SMILES string of the molecule is CC(=O)NCC(O)C(O)c1cncc(C(C)=O)c1. The molecular weight excluding hydrogens is 236 g/mol. The summed E-state index contributed by atoms with van der Waals surface area (Å²) in [6.07, 6.45) is 0.397.